The monoisotopic (exact) mass is 498 g/mol. The first-order chi connectivity index (χ1) is 15.3. The normalized spacial score (nSPS) is 11.1. The Morgan fingerprint density at radius 3 is 2.50 bits per heavy atom. The number of unbranched alkanes of at least 4 members (excludes halogenated alkanes) is 1. The van der Waals surface area contributed by atoms with E-state index in [4.69, 9.17) is 9.47 Å². The number of carbonyl (C=O) groups excluding carboxylic acids is 2. The van der Waals surface area contributed by atoms with Crippen LogP contribution in [0.2, 0.25) is 0 Å². The molecular weight excluding hydrogens is 472 g/mol. The average Bonchev–Trinajstić information content (AvgIpc) is 2.77. The summed E-state index contributed by atoms with van der Waals surface area (Å²) in [4.78, 5) is 24.2. The van der Waals surface area contributed by atoms with Crippen molar-refractivity contribution in [1.29, 1.82) is 5.26 Å². The van der Waals surface area contributed by atoms with Crippen LogP contribution in [0.1, 0.15) is 50.7 Å². The summed E-state index contributed by atoms with van der Waals surface area (Å²) in [7, 11) is 0. The highest BCUT2D eigenvalue weighted by molar-refractivity contribution is 9.10. The Morgan fingerprint density at radius 1 is 1.19 bits per heavy atom. The summed E-state index contributed by atoms with van der Waals surface area (Å²) in [6.45, 7) is 6.52. The van der Waals surface area contributed by atoms with Gasteiger partial charge in [-0.2, -0.15) is 5.26 Å². The maximum Gasteiger partial charge on any atom is 0.349 e. The van der Waals surface area contributed by atoms with Crippen molar-refractivity contribution in [3.63, 3.8) is 0 Å². The van der Waals surface area contributed by atoms with E-state index < -0.39 is 11.9 Å². The fraction of sp³-hybridized carbons (Fsp3) is 0.320. The summed E-state index contributed by atoms with van der Waals surface area (Å²) in [6.07, 6.45) is 3.31. The first-order valence-electron chi connectivity index (χ1n) is 10.5. The lowest BCUT2D eigenvalue weighted by molar-refractivity contribution is -0.136. The van der Waals surface area contributed by atoms with E-state index in [0.717, 1.165) is 17.3 Å². The Bertz CT molecular complexity index is 1010. The molecule has 2 aromatic carbocycles. The van der Waals surface area contributed by atoms with Gasteiger partial charge in [0.05, 0.1) is 4.47 Å². The van der Waals surface area contributed by atoms with E-state index in [2.05, 4.69) is 35.1 Å². The van der Waals surface area contributed by atoms with Crippen molar-refractivity contribution >= 4 is 33.9 Å². The predicted molar refractivity (Wildman–Crippen MR) is 127 cm³/mol. The van der Waals surface area contributed by atoms with Gasteiger partial charge >= 0.3 is 5.97 Å². The largest absolute Gasteiger partial charge is 0.481 e. The number of hydrogen-bond donors (Lipinski definition) is 1. The van der Waals surface area contributed by atoms with Gasteiger partial charge in [-0.05, 0) is 69.7 Å². The van der Waals surface area contributed by atoms with Gasteiger partial charge in [-0.15, -0.1) is 0 Å². The van der Waals surface area contributed by atoms with Gasteiger partial charge in [0, 0.05) is 6.54 Å². The molecule has 32 heavy (non-hydrogen) atoms. The highest BCUT2D eigenvalue weighted by Crippen LogP contribution is 2.29. The number of ether oxygens (including phenoxy) is 2. The molecule has 0 aliphatic rings. The molecular formula is C25H27BrN2O4. The Morgan fingerprint density at radius 2 is 1.91 bits per heavy atom. The average molecular weight is 499 g/mol. The Labute approximate surface area is 197 Å². The number of nitrogens with one attached hydrogen (secondary N) is 1. The zero-order chi connectivity index (χ0) is 23.5. The van der Waals surface area contributed by atoms with Crippen molar-refractivity contribution in [2.75, 3.05) is 13.2 Å². The summed E-state index contributed by atoms with van der Waals surface area (Å²) in [5, 5.41) is 12.0. The van der Waals surface area contributed by atoms with E-state index in [0.29, 0.717) is 29.5 Å². The molecule has 0 atom stereocenters. The first-order valence-corrected chi connectivity index (χ1v) is 11.3. The van der Waals surface area contributed by atoms with Crippen LogP contribution in [-0.2, 0) is 9.59 Å². The van der Waals surface area contributed by atoms with E-state index in [1.165, 1.54) is 11.6 Å². The van der Waals surface area contributed by atoms with Gasteiger partial charge in [0.15, 0.2) is 6.61 Å². The smallest absolute Gasteiger partial charge is 0.349 e. The van der Waals surface area contributed by atoms with Gasteiger partial charge in [0.1, 0.15) is 23.1 Å². The van der Waals surface area contributed by atoms with Gasteiger partial charge in [-0.25, -0.2) is 4.79 Å². The molecule has 0 fully saturated rings. The molecule has 0 spiro atoms. The van der Waals surface area contributed by atoms with E-state index in [1.807, 2.05) is 31.2 Å². The van der Waals surface area contributed by atoms with Crippen LogP contribution in [0.3, 0.4) is 0 Å². The molecule has 7 heteroatoms. The second kappa shape index (κ2) is 12.7. The molecule has 0 saturated carbocycles. The molecule has 0 bridgehead atoms. The van der Waals surface area contributed by atoms with Crippen molar-refractivity contribution in [2.45, 2.75) is 39.5 Å². The minimum atomic E-state index is -0.541. The first kappa shape index (κ1) is 25.2. The molecule has 0 radical (unpaired) electrons. The van der Waals surface area contributed by atoms with Crippen LogP contribution in [0.4, 0.5) is 0 Å². The van der Waals surface area contributed by atoms with Crippen LogP contribution in [-0.4, -0.2) is 25.0 Å². The molecule has 0 aromatic heterocycles. The van der Waals surface area contributed by atoms with Crippen molar-refractivity contribution in [2.24, 2.45) is 0 Å². The van der Waals surface area contributed by atoms with Crippen molar-refractivity contribution in [3.05, 3.63) is 63.6 Å². The molecule has 1 N–H and O–H groups in total. The lowest BCUT2D eigenvalue weighted by Crippen LogP contribution is -2.25. The number of esters is 1. The fourth-order valence-corrected chi connectivity index (χ4v) is 3.22. The number of amides is 1. The number of rotatable bonds is 10. The molecule has 0 aliphatic heterocycles. The highest BCUT2D eigenvalue weighted by Gasteiger charge is 2.11. The molecule has 0 saturated heterocycles. The minimum absolute atomic E-state index is 0.0216. The Kier molecular flexibility index (Phi) is 9.96. The van der Waals surface area contributed by atoms with Gasteiger partial charge in [-0.1, -0.05) is 45.4 Å². The number of carbonyl (C=O) groups is 2. The third-order valence-electron chi connectivity index (χ3n) is 4.57. The summed E-state index contributed by atoms with van der Waals surface area (Å²) in [5.41, 5.74) is 1.84. The highest BCUT2D eigenvalue weighted by atomic mass is 79.9. The van der Waals surface area contributed by atoms with Crippen LogP contribution in [0.15, 0.2) is 52.5 Å². The second-order valence-corrected chi connectivity index (χ2v) is 8.31. The number of halogens is 1. The number of nitrogens with zero attached hydrogens (tertiary/aromatic N) is 1. The molecule has 6 nitrogen and oxygen atoms in total. The Balaban J connectivity index is 1.92. The number of hydrogen-bond acceptors (Lipinski definition) is 5. The van der Waals surface area contributed by atoms with E-state index in [-0.39, 0.29) is 12.2 Å². The zero-order valence-electron chi connectivity index (χ0n) is 18.5. The number of nitriles is 1. The fourth-order valence-electron chi connectivity index (χ4n) is 2.71. The summed E-state index contributed by atoms with van der Waals surface area (Å²) >= 11 is 3.46. The summed E-state index contributed by atoms with van der Waals surface area (Å²) in [6, 6.07) is 14.2. The zero-order valence-corrected chi connectivity index (χ0v) is 20.1. The van der Waals surface area contributed by atoms with Crippen LogP contribution in [0.25, 0.3) is 6.08 Å². The standard InChI is InChI=1S/C25H27BrN2O4/c1-4-5-12-28-25(30)20(15-27)13-18-6-9-21(10-7-18)32-24(29)16-31-23-11-8-19(17(2)3)14-22(23)26/h6-11,13-14,17H,4-5,12,16H2,1-3H3,(H,28,30)/b20-13+. The molecule has 0 heterocycles. The van der Waals surface area contributed by atoms with Crippen molar-refractivity contribution < 1.29 is 19.1 Å². The quantitative estimate of drug-likeness (QED) is 0.156. The minimum Gasteiger partial charge on any atom is -0.481 e. The Hall–Kier alpha value is -3.11. The SMILES string of the molecule is CCCCNC(=O)/C(C#N)=C/c1ccc(OC(=O)COc2ccc(C(C)C)cc2Br)cc1. The second-order valence-electron chi connectivity index (χ2n) is 7.46. The van der Waals surface area contributed by atoms with Gasteiger partial charge < -0.3 is 14.8 Å². The van der Waals surface area contributed by atoms with E-state index in [9.17, 15) is 14.9 Å². The lowest BCUT2D eigenvalue weighted by atomic mass is 10.0. The van der Waals surface area contributed by atoms with Crippen LogP contribution < -0.4 is 14.8 Å². The summed E-state index contributed by atoms with van der Waals surface area (Å²) < 4.78 is 11.6. The van der Waals surface area contributed by atoms with Gasteiger partial charge in [0.2, 0.25) is 0 Å². The maximum absolute atomic E-state index is 12.1. The third-order valence-corrected chi connectivity index (χ3v) is 5.19. The molecule has 0 unspecified atom stereocenters. The molecule has 168 valence electrons. The molecule has 2 rings (SSSR count). The van der Waals surface area contributed by atoms with E-state index >= 15 is 0 Å². The lowest BCUT2D eigenvalue weighted by Gasteiger charge is -2.11. The maximum atomic E-state index is 12.1. The molecule has 1 amide bonds. The van der Waals surface area contributed by atoms with Gasteiger partial charge in [0.25, 0.3) is 5.91 Å². The van der Waals surface area contributed by atoms with Crippen LogP contribution in [0.5, 0.6) is 11.5 Å². The third kappa shape index (κ3) is 7.86. The number of benzene rings is 2. The van der Waals surface area contributed by atoms with Gasteiger partial charge in [-0.3, -0.25) is 4.79 Å². The van der Waals surface area contributed by atoms with Crippen LogP contribution >= 0.6 is 15.9 Å². The summed E-state index contributed by atoms with van der Waals surface area (Å²) in [5.74, 6) is 0.356. The van der Waals surface area contributed by atoms with Crippen molar-refractivity contribution in [1.82, 2.24) is 5.32 Å². The van der Waals surface area contributed by atoms with Crippen LogP contribution in [0, 0.1) is 11.3 Å². The molecule has 0 aliphatic carbocycles. The predicted octanol–water partition coefficient (Wildman–Crippen LogP) is 5.38. The van der Waals surface area contributed by atoms with E-state index in [1.54, 1.807) is 24.3 Å². The topological polar surface area (TPSA) is 88.4 Å². The van der Waals surface area contributed by atoms with Crippen molar-refractivity contribution in [3.8, 4) is 17.6 Å². The molecule has 2 aromatic rings.